The Kier molecular flexibility index (Phi) is 4.16. The van der Waals surface area contributed by atoms with Crippen molar-refractivity contribution in [1.29, 1.82) is 0 Å². The second-order valence-electron chi connectivity index (χ2n) is 4.11. The Morgan fingerprint density at radius 2 is 1.95 bits per heavy atom. The molecule has 0 unspecified atom stereocenters. The van der Waals surface area contributed by atoms with Gasteiger partial charge < -0.3 is 9.67 Å². The van der Waals surface area contributed by atoms with Crippen LogP contribution in [0.5, 0.6) is 0 Å². The molecule has 0 fully saturated rings. The molecule has 0 bridgehead atoms. The van der Waals surface area contributed by atoms with E-state index < -0.39 is 11.5 Å². The highest BCUT2D eigenvalue weighted by Crippen LogP contribution is 2.10. The minimum absolute atomic E-state index is 0.220. The highest BCUT2D eigenvalue weighted by atomic mass is 79.9. The summed E-state index contributed by atoms with van der Waals surface area (Å²) in [5, 5.41) is 8.97. The van der Waals surface area contributed by atoms with Crippen molar-refractivity contribution in [2.24, 2.45) is 0 Å². The van der Waals surface area contributed by atoms with Crippen LogP contribution in [-0.4, -0.2) is 15.6 Å². The zero-order valence-corrected chi connectivity index (χ0v) is 11.6. The molecule has 2 aromatic rings. The Labute approximate surface area is 118 Å². The molecule has 1 heterocycles. The van der Waals surface area contributed by atoms with Crippen LogP contribution >= 0.6 is 15.9 Å². The first-order chi connectivity index (χ1) is 9.08. The number of carboxylic acids is 1. The molecule has 0 aliphatic carbocycles. The van der Waals surface area contributed by atoms with Crippen LogP contribution in [0.25, 0.3) is 0 Å². The number of hydrogen-bond donors (Lipinski definition) is 1. The minimum Gasteiger partial charge on any atom is -0.477 e. The van der Waals surface area contributed by atoms with Crippen LogP contribution in [-0.2, 0) is 13.0 Å². The predicted octanol–water partition coefficient (Wildman–Crippen LogP) is 2.55. The van der Waals surface area contributed by atoms with Crippen molar-refractivity contribution in [1.82, 2.24) is 4.57 Å². The van der Waals surface area contributed by atoms with Crippen LogP contribution < -0.4 is 5.56 Å². The van der Waals surface area contributed by atoms with Crippen molar-refractivity contribution >= 4 is 21.9 Å². The molecule has 0 spiro atoms. The van der Waals surface area contributed by atoms with E-state index in [0.717, 1.165) is 5.56 Å². The number of carboxylic acid groups (broad SMARTS) is 1. The summed E-state index contributed by atoms with van der Waals surface area (Å²) in [7, 11) is 0. The van der Waals surface area contributed by atoms with Crippen molar-refractivity contribution in [2.75, 3.05) is 0 Å². The van der Waals surface area contributed by atoms with Crippen LogP contribution in [0.3, 0.4) is 0 Å². The molecule has 5 heteroatoms. The fourth-order valence-electron chi connectivity index (χ4n) is 1.81. The van der Waals surface area contributed by atoms with Crippen LogP contribution in [0, 0.1) is 0 Å². The zero-order chi connectivity index (χ0) is 13.8. The number of halogens is 1. The number of aryl methyl sites for hydroxylation is 2. The normalized spacial score (nSPS) is 10.4. The number of hydrogen-bond acceptors (Lipinski definition) is 2. The van der Waals surface area contributed by atoms with Gasteiger partial charge in [0, 0.05) is 17.2 Å². The molecule has 1 N–H and O–H groups in total. The second kappa shape index (κ2) is 5.84. The third kappa shape index (κ3) is 3.32. The number of aromatic nitrogens is 1. The number of benzene rings is 1. The zero-order valence-electron chi connectivity index (χ0n) is 10.0. The summed E-state index contributed by atoms with van der Waals surface area (Å²) in [4.78, 5) is 22.9. The van der Waals surface area contributed by atoms with E-state index in [9.17, 15) is 9.59 Å². The lowest BCUT2D eigenvalue weighted by Crippen LogP contribution is -2.26. The van der Waals surface area contributed by atoms with E-state index in [4.69, 9.17) is 5.11 Å². The highest BCUT2D eigenvalue weighted by molar-refractivity contribution is 9.10. The summed E-state index contributed by atoms with van der Waals surface area (Å²) in [6.45, 7) is 0.447. The lowest BCUT2D eigenvalue weighted by Gasteiger charge is -2.08. The Morgan fingerprint density at radius 1 is 1.26 bits per heavy atom. The van der Waals surface area contributed by atoms with Crippen LogP contribution in [0.4, 0.5) is 0 Å². The third-order valence-electron chi connectivity index (χ3n) is 2.77. The molecular weight excluding hydrogens is 310 g/mol. The van der Waals surface area contributed by atoms with Gasteiger partial charge in [-0.1, -0.05) is 30.3 Å². The maximum Gasteiger partial charge on any atom is 0.341 e. The first kappa shape index (κ1) is 13.5. The molecule has 1 aromatic heterocycles. The van der Waals surface area contributed by atoms with Gasteiger partial charge in [-0.3, -0.25) is 4.79 Å². The summed E-state index contributed by atoms with van der Waals surface area (Å²) < 4.78 is 2.00. The van der Waals surface area contributed by atoms with E-state index in [2.05, 4.69) is 15.9 Å². The van der Waals surface area contributed by atoms with Gasteiger partial charge in [0.25, 0.3) is 5.56 Å². The molecule has 0 aliphatic rings. The van der Waals surface area contributed by atoms with Gasteiger partial charge in [0.2, 0.25) is 0 Å². The molecule has 98 valence electrons. The summed E-state index contributed by atoms with van der Waals surface area (Å²) in [6.07, 6.45) is 2.29. The van der Waals surface area contributed by atoms with E-state index in [1.165, 1.54) is 10.6 Å². The van der Waals surface area contributed by atoms with Crippen LogP contribution in [0.2, 0.25) is 0 Å². The van der Waals surface area contributed by atoms with Gasteiger partial charge in [0.05, 0.1) is 0 Å². The molecule has 0 aliphatic heterocycles. The quantitative estimate of drug-likeness (QED) is 0.941. The lowest BCUT2D eigenvalue weighted by molar-refractivity contribution is 0.0694. The van der Waals surface area contributed by atoms with Gasteiger partial charge in [0.15, 0.2) is 0 Å². The van der Waals surface area contributed by atoms with Crippen LogP contribution in [0.15, 0.2) is 51.9 Å². The molecule has 1 aromatic carbocycles. The number of aromatic carboxylic acids is 1. The second-order valence-corrected chi connectivity index (χ2v) is 5.03. The number of rotatable bonds is 4. The monoisotopic (exact) mass is 321 g/mol. The van der Waals surface area contributed by atoms with Gasteiger partial charge in [-0.05, 0) is 34.0 Å². The largest absolute Gasteiger partial charge is 0.477 e. The maximum absolute atomic E-state index is 11.9. The van der Waals surface area contributed by atoms with E-state index in [1.54, 1.807) is 6.20 Å². The van der Waals surface area contributed by atoms with E-state index in [-0.39, 0.29) is 5.56 Å². The third-order valence-corrected chi connectivity index (χ3v) is 3.20. The Morgan fingerprint density at radius 3 is 2.58 bits per heavy atom. The molecule has 2 rings (SSSR count). The average molecular weight is 322 g/mol. The first-order valence-corrected chi connectivity index (χ1v) is 6.54. The topological polar surface area (TPSA) is 59.3 Å². The smallest absolute Gasteiger partial charge is 0.341 e. The molecule has 0 amide bonds. The molecule has 0 saturated heterocycles. The molecule has 0 saturated carbocycles. The van der Waals surface area contributed by atoms with Crippen LogP contribution in [0.1, 0.15) is 15.9 Å². The van der Waals surface area contributed by atoms with Gasteiger partial charge in [0.1, 0.15) is 5.56 Å². The number of nitrogens with zero attached hydrogens (tertiary/aromatic N) is 1. The Balaban J connectivity index is 2.26. The van der Waals surface area contributed by atoms with Gasteiger partial charge in [-0.2, -0.15) is 0 Å². The Bertz CT molecular complexity index is 649. The van der Waals surface area contributed by atoms with Crippen molar-refractivity contribution in [3.63, 3.8) is 0 Å². The molecule has 0 radical (unpaired) electrons. The summed E-state index contributed by atoms with van der Waals surface area (Å²) in [5.41, 5.74) is 0.403. The Hall–Kier alpha value is -1.88. The molecular formula is C14H12BrNO3. The number of pyridine rings is 1. The predicted molar refractivity (Wildman–Crippen MR) is 75.5 cm³/mol. The van der Waals surface area contributed by atoms with E-state index in [0.29, 0.717) is 17.4 Å². The van der Waals surface area contributed by atoms with Gasteiger partial charge in [-0.15, -0.1) is 0 Å². The minimum atomic E-state index is -1.21. The van der Waals surface area contributed by atoms with Gasteiger partial charge in [-0.25, -0.2) is 4.79 Å². The highest BCUT2D eigenvalue weighted by Gasteiger charge is 2.12. The molecule has 4 nitrogen and oxygen atoms in total. The van der Waals surface area contributed by atoms with Crippen molar-refractivity contribution in [3.8, 4) is 0 Å². The molecule has 0 atom stereocenters. The van der Waals surface area contributed by atoms with Crippen molar-refractivity contribution in [3.05, 3.63) is 68.5 Å². The SMILES string of the molecule is O=C(O)c1cc(Br)cn(CCc2ccccc2)c1=O. The summed E-state index contributed by atoms with van der Waals surface area (Å²) >= 11 is 3.22. The van der Waals surface area contributed by atoms with Crippen molar-refractivity contribution < 1.29 is 9.90 Å². The number of carbonyl (C=O) groups is 1. The standard InChI is InChI=1S/C14H12BrNO3/c15-11-8-12(14(18)19)13(17)16(9-11)7-6-10-4-2-1-3-5-10/h1-5,8-9H,6-7H2,(H,18,19). The van der Waals surface area contributed by atoms with E-state index >= 15 is 0 Å². The summed E-state index contributed by atoms with van der Waals surface area (Å²) in [5.74, 6) is -1.21. The molecule has 19 heavy (non-hydrogen) atoms. The summed E-state index contributed by atoms with van der Waals surface area (Å²) in [6, 6.07) is 11.1. The maximum atomic E-state index is 11.9. The average Bonchev–Trinajstić information content (AvgIpc) is 2.40. The van der Waals surface area contributed by atoms with Crippen molar-refractivity contribution in [2.45, 2.75) is 13.0 Å². The van der Waals surface area contributed by atoms with E-state index in [1.807, 2.05) is 30.3 Å². The fraction of sp³-hybridized carbons (Fsp3) is 0.143. The van der Waals surface area contributed by atoms with Gasteiger partial charge >= 0.3 is 5.97 Å². The lowest BCUT2D eigenvalue weighted by atomic mass is 10.1. The fourth-order valence-corrected chi connectivity index (χ4v) is 2.29. The first-order valence-electron chi connectivity index (χ1n) is 5.75.